The second-order valence-corrected chi connectivity index (χ2v) is 9.78. The van der Waals surface area contributed by atoms with Crippen LogP contribution in [0.1, 0.15) is 39.5 Å². The van der Waals surface area contributed by atoms with Gasteiger partial charge in [0.1, 0.15) is 5.75 Å². The molecule has 1 aromatic carbocycles. The summed E-state index contributed by atoms with van der Waals surface area (Å²) in [7, 11) is -2.19. The number of carbonyl (C=O) groups excluding carboxylic acids is 2. The molecule has 0 aromatic heterocycles. The average Bonchev–Trinajstić information content (AvgIpc) is 3.59. The summed E-state index contributed by atoms with van der Waals surface area (Å²) < 4.78 is 32.4. The first-order valence-corrected chi connectivity index (χ1v) is 12.0. The first kappa shape index (κ1) is 22.6. The number of anilines is 1. The second kappa shape index (κ2) is 9.34. The lowest BCUT2D eigenvalue weighted by molar-refractivity contribution is -0.135. The lowest BCUT2D eigenvalue weighted by atomic mass is 9.96. The summed E-state index contributed by atoms with van der Waals surface area (Å²) in [6.45, 7) is 5.38. The minimum absolute atomic E-state index is 0.108. The molecule has 1 saturated carbocycles. The molecule has 2 fully saturated rings. The fourth-order valence-corrected chi connectivity index (χ4v) is 5.36. The van der Waals surface area contributed by atoms with Crippen LogP contribution in [0.2, 0.25) is 0 Å². The highest BCUT2D eigenvalue weighted by atomic mass is 32.2. The number of hydrogen-bond donors (Lipinski definition) is 1. The number of amides is 2. The van der Waals surface area contributed by atoms with E-state index in [-0.39, 0.29) is 28.5 Å². The van der Waals surface area contributed by atoms with E-state index in [1.165, 1.54) is 23.5 Å². The molecule has 2 aliphatic rings. The van der Waals surface area contributed by atoms with Gasteiger partial charge >= 0.3 is 0 Å². The van der Waals surface area contributed by atoms with Gasteiger partial charge in [0.2, 0.25) is 21.8 Å². The normalized spacial score (nSPS) is 19.6. The number of ether oxygens (including phenoxy) is 1. The van der Waals surface area contributed by atoms with Gasteiger partial charge in [-0.2, -0.15) is 4.31 Å². The maximum atomic E-state index is 12.9. The summed E-state index contributed by atoms with van der Waals surface area (Å²) in [5.41, 5.74) is 0.321. The van der Waals surface area contributed by atoms with E-state index in [9.17, 15) is 18.0 Å². The van der Waals surface area contributed by atoms with Gasteiger partial charge in [-0.3, -0.25) is 9.59 Å². The molecule has 8 nitrogen and oxygen atoms in total. The van der Waals surface area contributed by atoms with Crippen LogP contribution in [0.3, 0.4) is 0 Å². The fourth-order valence-electron chi connectivity index (χ4n) is 3.87. The maximum Gasteiger partial charge on any atom is 0.243 e. The highest BCUT2D eigenvalue weighted by molar-refractivity contribution is 7.89. The van der Waals surface area contributed by atoms with Crippen molar-refractivity contribution < 1.29 is 22.7 Å². The Hall–Kier alpha value is -2.13. The van der Waals surface area contributed by atoms with Crippen molar-refractivity contribution in [1.29, 1.82) is 0 Å². The molecule has 166 valence electrons. The Balaban J connectivity index is 1.77. The molecular weight excluding hydrogens is 406 g/mol. The van der Waals surface area contributed by atoms with Crippen LogP contribution in [-0.2, 0) is 19.6 Å². The van der Waals surface area contributed by atoms with Crippen LogP contribution in [0.25, 0.3) is 0 Å². The molecule has 9 heteroatoms. The Kier molecular flexibility index (Phi) is 7.02. The summed E-state index contributed by atoms with van der Waals surface area (Å²) in [6.07, 6.45) is 3.36. The van der Waals surface area contributed by atoms with Gasteiger partial charge in [0.05, 0.1) is 23.6 Å². The lowest BCUT2D eigenvalue weighted by Crippen LogP contribution is -2.44. The molecule has 30 heavy (non-hydrogen) atoms. The number of carbonyl (C=O) groups is 2. The SMILES string of the molecule is CCN(CC)S(=O)(=O)c1ccc(OC)c(NC(=O)C2CCCN(C(=O)C3CC3)C2)c1. The number of sulfonamides is 1. The van der Waals surface area contributed by atoms with Gasteiger partial charge < -0.3 is 15.0 Å². The molecule has 3 rings (SSSR count). The largest absolute Gasteiger partial charge is 0.495 e. The molecule has 1 aromatic rings. The van der Waals surface area contributed by atoms with Crippen molar-refractivity contribution in [1.82, 2.24) is 9.21 Å². The average molecular weight is 438 g/mol. The molecule has 1 heterocycles. The van der Waals surface area contributed by atoms with Crippen molar-refractivity contribution >= 4 is 27.5 Å². The molecule has 1 saturated heterocycles. The van der Waals surface area contributed by atoms with Gasteiger partial charge in [-0.25, -0.2) is 8.42 Å². The van der Waals surface area contributed by atoms with E-state index in [0.29, 0.717) is 44.0 Å². The molecule has 1 N–H and O–H groups in total. The monoisotopic (exact) mass is 437 g/mol. The van der Waals surface area contributed by atoms with Crippen LogP contribution >= 0.6 is 0 Å². The Morgan fingerprint density at radius 3 is 2.47 bits per heavy atom. The Morgan fingerprint density at radius 2 is 1.87 bits per heavy atom. The van der Waals surface area contributed by atoms with Crippen molar-refractivity contribution in [3.05, 3.63) is 18.2 Å². The van der Waals surface area contributed by atoms with E-state index < -0.39 is 10.0 Å². The first-order valence-electron chi connectivity index (χ1n) is 10.6. The minimum Gasteiger partial charge on any atom is -0.495 e. The number of rotatable bonds is 8. The van der Waals surface area contributed by atoms with Gasteiger partial charge in [-0.15, -0.1) is 0 Å². The standard InChI is InChI=1S/C21H31N3O5S/c1-4-24(5-2)30(27,28)17-10-11-19(29-3)18(13-17)22-20(25)16-7-6-12-23(14-16)21(26)15-8-9-15/h10-11,13,15-16H,4-9,12,14H2,1-3H3,(H,22,25). The molecule has 1 unspecified atom stereocenters. The zero-order valence-electron chi connectivity index (χ0n) is 17.9. The van der Waals surface area contributed by atoms with Crippen molar-refractivity contribution in [3.63, 3.8) is 0 Å². The summed E-state index contributed by atoms with van der Waals surface area (Å²) in [5.74, 6) is 0.128. The molecule has 2 amide bonds. The van der Waals surface area contributed by atoms with E-state index in [0.717, 1.165) is 19.3 Å². The van der Waals surface area contributed by atoms with Crippen LogP contribution in [0.15, 0.2) is 23.1 Å². The molecule has 0 bridgehead atoms. The number of nitrogens with one attached hydrogen (secondary N) is 1. The number of methoxy groups -OCH3 is 1. The Morgan fingerprint density at radius 1 is 1.17 bits per heavy atom. The molecule has 0 spiro atoms. The van der Waals surface area contributed by atoms with Crippen molar-refractivity contribution in [2.24, 2.45) is 11.8 Å². The summed E-state index contributed by atoms with van der Waals surface area (Å²) in [4.78, 5) is 27.2. The van der Waals surface area contributed by atoms with Gasteiger partial charge in [0.25, 0.3) is 0 Å². The third-order valence-corrected chi connectivity index (χ3v) is 7.85. The zero-order chi connectivity index (χ0) is 21.9. The Labute approximate surface area is 178 Å². The summed E-state index contributed by atoms with van der Waals surface area (Å²) >= 11 is 0. The van der Waals surface area contributed by atoms with E-state index in [1.54, 1.807) is 24.8 Å². The third-order valence-electron chi connectivity index (χ3n) is 5.80. The minimum atomic E-state index is -3.66. The van der Waals surface area contributed by atoms with Crippen LogP contribution in [0, 0.1) is 11.8 Å². The second-order valence-electron chi connectivity index (χ2n) is 7.84. The predicted octanol–water partition coefficient (Wildman–Crippen LogP) is 2.31. The molecule has 1 atom stereocenters. The van der Waals surface area contributed by atoms with E-state index in [1.807, 2.05) is 0 Å². The van der Waals surface area contributed by atoms with E-state index in [4.69, 9.17) is 4.74 Å². The first-order chi connectivity index (χ1) is 14.3. The molecule has 1 aliphatic carbocycles. The number of benzene rings is 1. The topological polar surface area (TPSA) is 96.0 Å². The van der Waals surface area contributed by atoms with Gasteiger partial charge in [0, 0.05) is 32.1 Å². The number of hydrogen-bond acceptors (Lipinski definition) is 5. The fraction of sp³-hybridized carbons (Fsp3) is 0.619. The van der Waals surface area contributed by atoms with E-state index in [2.05, 4.69) is 5.32 Å². The van der Waals surface area contributed by atoms with Crippen LogP contribution < -0.4 is 10.1 Å². The number of nitrogens with zero attached hydrogens (tertiary/aromatic N) is 2. The lowest BCUT2D eigenvalue weighted by Gasteiger charge is -2.32. The third kappa shape index (κ3) is 4.78. The highest BCUT2D eigenvalue weighted by Gasteiger charge is 2.37. The van der Waals surface area contributed by atoms with Gasteiger partial charge in [-0.1, -0.05) is 13.8 Å². The van der Waals surface area contributed by atoms with E-state index >= 15 is 0 Å². The Bertz CT molecular complexity index is 894. The molecular formula is C21H31N3O5S. The quantitative estimate of drug-likeness (QED) is 0.673. The van der Waals surface area contributed by atoms with Gasteiger partial charge in [0.15, 0.2) is 0 Å². The molecule has 0 radical (unpaired) electrons. The zero-order valence-corrected chi connectivity index (χ0v) is 18.7. The summed E-state index contributed by atoms with van der Waals surface area (Å²) in [5, 5.41) is 2.84. The van der Waals surface area contributed by atoms with Crippen molar-refractivity contribution in [2.45, 2.75) is 44.4 Å². The van der Waals surface area contributed by atoms with Crippen LogP contribution in [0.5, 0.6) is 5.75 Å². The smallest absolute Gasteiger partial charge is 0.243 e. The molecule has 1 aliphatic heterocycles. The van der Waals surface area contributed by atoms with Crippen LogP contribution in [-0.4, -0.2) is 62.7 Å². The highest BCUT2D eigenvalue weighted by Crippen LogP contribution is 2.33. The van der Waals surface area contributed by atoms with Crippen molar-refractivity contribution in [3.8, 4) is 5.75 Å². The maximum absolute atomic E-state index is 12.9. The number of likely N-dealkylation sites (tertiary alicyclic amines) is 1. The van der Waals surface area contributed by atoms with Crippen LogP contribution in [0.4, 0.5) is 5.69 Å². The van der Waals surface area contributed by atoms with Gasteiger partial charge in [-0.05, 0) is 43.9 Å². The summed E-state index contributed by atoms with van der Waals surface area (Å²) in [6, 6.07) is 4.48. The number of piperidine rings is 1. The van der Waals surface area contributed by atoms with Crippen molar-refractivity contribution in [2.75, 3.05) is 38.6 Å². The predicted molar refractivity (Wildman–Crippen MR) is 114 cm³/mol.